The standard InChI is InChI=1S/C17H22N2O4/c1-3-16(21)19-13-4-5-15(20)14(10-13)17(22)18-11(2)12-6-8-23-9-7-12/h3-5,10-12,20H,1,6-9H2,2H3,(H,18,22)(H,19,21)/t11-/m1/s1. The number of aromatic hydroxyl groups is 1. The number of amides is 2. The number of nitrogens with one attached hydrogen (secondary N) is 2. The minimum Gasteiger partial charge on any atom is -0.507 e. The third-order valence-electron chi connectivity index (χ3n) is 4.03. The molecule has 0 radical (unpaired) electrons. The largest absolute Gasteiger partial charge is 0.507 e. The first-order chi connectivity index (χ1) is 11.0. The van der Waals surface area contributed by atoms with E-state index < -0.39 is 0 Å². The van der Waals surface area contributed by atoms with Gasteiger partial charge in [-0.2, -0.15) is 0 Å². The van der Waals surface area contributed by atoms with E-state index in [9.17, 15) is 14.7 Å². The van der Waals surface area contributed by atoms with Crippen LogP contribution in [0.4, 0.5) is 5.69 Å². The highest BCUT2D eigenvalue weighted by Gasteiger charge is 2.23. The minimum absolute atomic E-state index is 0.0165. The Labute approximate surface area is 135 Å². The molecule has 6 nitrogen and oxygen atoms in total. The molecule has 6 heteroatoms. The van der Waals surface area contributed by atoms with E-state index in [1.165, 1.54) is 18.2 Å². The molecule has 0 aliphatic carbocycles. The lowest BCUT2D eigenvalue weighted by Crippen LogP contribution is -2.40. The van der Waals surface area contributed by atoms with Crippen LogP contribution in [0, 0.1) is 5.92 Å². The minimum atomic E-state index is -0.377. The summed E-state index contributed by atoms with van der Waals surface area (Å²) in [5.74, 6) is -0.509. The second-order valence-corrected chi connectivity index (χ2v) is 5.64. The van der Waals surface area contributed by atoms with Gasteiger partial charge in [0.05, 0.1) is 5.56 Å². The lowest BCUT2D eigenvalue weighted by molar-refractivity contribution is -0.111. The number of carbonyl (C=O) groups is 2. The number of carbonyl (C=O) groups excluding carboxylic acids is 2. The quantitative estimate of drug-likeness (QED) is 0.573. The van der Waals surface area contributed by atoms with Gasteiger partial charge in [0.2, 0.25) is 5.91 Å². The van der Waals surface area contributed by atoms with Crippen LogP contribution in [0.1, 0.15) is 30.1 Å². The molecule has 0 spiro atoms. The Balaban J connectivity index is 2.06. The third-order valence-corrected chi connectivity index (χ3v) is 4.03. The van der Waals surface area contributed by atoms with Gasteiger partial charge in [0.15, 0.2) is 0 Å². The Kier molecular flexibility index (Phi) is 5.76. The fraction of sp³-hybridized carbons (Fsp3) is 0.412. The summed E-state index contributed by atoms with van der Waals surface area (Å²) in [7, 11) is 0. The average Bonchev–Trinajstić information content (AvgIpc) is 2.57. The SMILES string of the molecule is C=CC(=O)Nc1ccc(O)c(C(=O)N[C@H](C)C2CCOCC2)c1. The molecule has 1 aromatic rings. The van der Waals surface area contributed by atoms with E-state index in [0.29, 0.717) is 24.8 Å². The Bertz CT molecular complexity index is 594. The maximum atomic E-state index is 12.4. The van der Waals surface area contributed by atoms with E-state index >= 15 is 0 Å². The molecular formula is C17H22N2O4. The zero-order valence-electron chi connectivity index (χ0n) is 13.2. The molecular weight excluding hydrogens is 296 g/mol. The lowest BCUT2D eigenvalue weighted by atomic mass is 9.92. The first-order valence-corrected chi connectivity index (χ1v) is 7.66. The van der Waals surface area contributed by atoms with Gasteiger partial charge in [-0.05, 0) is 50.0 Å². The van der Waals surface area contributed by atoms with E-state index in [2.05, 4.69) is 17.2 Å². The molecule has 3 N–H and O–H groups in total. The van der Waals surface area contributed by atoms with Crippen molar-refractivity contribution in [1.29, 1.82) is 0 Å². The molecule has 1 heterocycles. The molecule has 2 amide bonds. The molecule has 1 saturated heterocycles. The van der Waals surface area contributed by atoms with Gasteiger partial charge in [-0.15, -0.1) is 0 Å². The first-order valence-electron chi connectivity index (χ1n) is 7.66. The van der Waals surface area contributed by atoms with Gasteiger partial charge >= 0.3 is 0 Å². The van der Waals surface area contributed by atoms with Crippen molar-refractivity contribution in [2.75, 3.05) is 18.5 Å². The fourth-order valence-corrected chi connectivity index (χ4v) is 2.61. The second kappa shape index (κ2) is 7.78. The summed E-state index contributed by atoms with van der Waals surface area (Å²) < 4.78 is 5.32. The van der Waals surface area contributed by atoms with E-state index in [4.69, 9.17) is 4.74 Å². The summed E-state index contributed by atoms with van der Waals surface area (Å²) in [4.78, 5) is 23.7. The van der Waals surface area contributed by atoms with E-state index in [1.807, 2.05) is 6.92 Å². The summed E-state index contributed by atoms with van der Waals surface area (Å²) >= 11 is 0. The number of benzene rings is 1. The Morgan fingerprint density at radius 2 is 2.09 bits per heavy atom. The van der Waals surface area contributed by atoms with Crippen molar-refractivity contribution < 1.29 is 19.4 Å². The lowest BCUT2D eigenvalue weighted by Gasteiger charge is -2.28. The van der Waals surface area contributed by atoms with Crippen LogP contribution in [0.5, 0.6) is 5.75 Å². The number of rotatable bonds is 5. The van der Waals surface area contributed by atoms with Crippen molar-refractivity contribution in [3.05, 3.63) is 36.4 Å². The molecule has 0 aromatic heterocycles. The average molecular weight is 318 g/mol. The zero-order valence-corrected chi connectivity index (χ0v) is 13.2. The van der Waals surface area contributed by atoms with Gasteiger partial charge in [0, 0.05) is 24.9 Å². The normalized spacial score (nSPS) is 16.4. The second-order valence-electron chi connectivity index (χ2n) is 5.64. The molecule has 0 unspecified atom stereocenters. The number of hydrogen-bond acceptors (Lipinski definition) is 4. The number of phenolic OH excluding ortho intramolecular Hbond substituents is 1. The predicted octanol–water partition coefficient (Wildman–Crippen LogP) is 2.06. The van der Waals surface area contributed by atoms with Gasteiger partial charge in [-0.3, -0.25) is 9.59 Å². The van der Waals surface area contributed by atoms with Gasteiger partial charge in [-0.1, -0.05) is 6.58 Å². The molecule has 1 aliphatic heterocycles. The van der Waals surface area contributed by atoms with Crippen LogP contribution < -0.4 is 10.6 Å². The molecule has 2 rings (SSSR count). The van der Waals surface area contributed by atoms with E-state index in [-0.39, 0.29) is 29.2 Å². The summed E-state index contributed by atoms with van der Waals surface area (Å²) in [5, 5.41) is 15.4. The Hall–Kier alpha value is -2.34. The molecule has 124 valence electrons. The van der Waals surface area contributed by atoms with Gasteiger partial charge < -0.3 is 20.5 Å². The highest BCUT2D eigenvalue weighted by molar-refractivity contribution is 6.02. The maximum Gasteiger partial charge on any atom is 0.255 e. The van der Waals surface area contributed by atoms with Crippen LogP contribution in [0.25, 0.3) is 0 Å². The van der Waals surface area contributed by atoms with Crippen LogP contribution in [0.15, 0.2) is 30.9 Å². The van der Waals surface area contributed by atoms with Crippen LogP contribution >= 0.6 is 0 Å². The molecule has 1 aromatic carbocycles. The van der Waals surface area contributed by atoms with Crippen molar-refractivity contribution in [3.8, 4) is 5.75 Å². The number of anilines is 1. The smallest absolute Gasteiger partial charge is 0.255 e. The van der Waals surface area contributed by atoms with Crippen LogP contribution in [-0.4, -0.2) is 36.2 Å². The topological polar surface area (TPSA) is 87.7 Å². The summed E-state index contributed by atoms with van der Waals surface area (Å²) in [6.45, 7) is 6.74. The highest BCUT2D eigenvalue weighted by atomic mass is 16.5. The van der Waals surface area contributed by atoms with Crippen molar-refractivity contribution in [2.45, 2.75) is 25.8 Å². The number of hydrogen-bond donors (Lipinski definition) is 3. The van der Waals surface area contributed by atoms with Gasteiger partial charge in [-0.25, -0.2) is 0 Å². The first kappa shape index (κ1) is 17.0. The Morgan fingerprint density at radius 1 is 1.39 bits per heavy atom. The zero-order chi connectivity index (χ0) is 16.8. The van der Waals surface area contributed by atoms with Crippen LogP contribution in [0.3, 0.4) is 0 Å². The van der Waals surface area contributed by atoms with Crippen molar-refractivity contribution >= 4 is 17.5 Å². The van der Waals surface area contributed by atoms with Crippen molar-refractivity contribution in [2.24, 2.45) is 5.92 Å². The maximum absolute atomic E-state index is 12.4. The fourth-order valence-electron chi connectivity index (χ4n) is 2.61. The van der Waals surface area contributed by atoms with E-state index in [1.54, 1.807) is 0 Å². The molecule has 0 bridgehead atoms. The third kappa shape index (κ3) is 4.56. The summed E-state index contributed by atoms with van der Waals surface area (Å²) in [5.41, 5.74) is 0.558. The van der Waals surface area contributed by atoms with Crippen molar-refractivity contribution in [3.63, 3.8) is 0 Å². The van der Waals surface area contributed by atoms with Crippen LogP contribution in [0.2, 0.25) is 0 Å². The summed E-state index contributed by atoms with van der Waals surface area (Å²) in [6, 6.07) is 4.34. The van der Waals surface area contributed by atoms with Crippen molar-refractivity contribution in [1.82, 2.24) is 5.32 Å². The monoisotopic (exact) mass is 318 g/mol. The molecule has 1 fully saturated rings. The highest BCUT2D eigenvalue weighted by Crippen LogP contribution is 2.23. The Morgan fingerprint density at radius 3 is 2.74 bits per heavy atom. The van der Waals surface area contributed by atoms with Crippen LogP contribution in [-0.2, 0) is 9.53 Å². The number of ether oxygens (including phenoxy) is 1. The number of phenols is 1. The van der Waals surface area contributed by atoms with Gasteiger partial charge in [0.1, 0.15) is 5.75 Å². The molecule has 1 atom stereocenters. The summed E-state index contributed by atoms with van der Waals surface area (Å²) in [6.07, 6.45) is 2.95. The molecule has 0 saturated carbocycles. The van der Waals surface area contributed by atoms with Gasteiger partial charge in [0.25, 0.3) is 5.91 Å². The molecule has 1 aliphatic rings. The van der Waals surface area contributed by atoms with E-state index in [0.717, 1.165) is 18.9 Å². The molecule has 23 heavy (non-hydrogen) atoms. The predicted molar refractivity (Wildman–Crippen MR) is 87.4 cm³/mol.